The van der Waals surface area contributed by atoms with E-state index in [1.54, 1.807) is 0 Å². The summed E-state index contributed by atoms with van der Waals surface area (Å²) in [7, 11) is 0. The van der Waals surface area contributed by atoms with Crippen LogP contribution in [0.1, 0.15) is 0 Å². The fraction of sp³-hybridized carbons (Fsp3) is 0. The van der Waals surface area contributed by atoms with Gasteiger partial charge in [-0.05, 0) is 0 Å². The molecule has 24 valence electrons. The van der Waals surface area contributed by atoms with E-state index in [2.05, 4.69) is 0 Å². The Morgan fingerprint density at radius 2 is 0.750 bits per heavy atom. The van der Waals surface area contributed by atoms with Gasteiger partial charge in [0, 0.05) is 0 Å². The van der Waals surface area contributed by atoms with E-state index in [0.29, 0.717) is 0 Å². The molecule has 0 rings (SSSR count). The van der Waals surface area contributed by atoms with Gasteiger partial charge >= 0.3 is 36.0 Å². The van der Waals surface area contributed by atoms with Crippen molar-refractivity contribution in [1.82, 2.24) is 0 Å². The summed E-state index contributed by atoms with van der Waals surface area (Å²) in [6, 6.07) is 0. The van der Waals surface area contributed by atoms with Crippen LogP contribution < -0.4 is 0 Å². The SMILES string of the molecule is [Ni+2].[O-2].[O-2].[Zn+2]. The van der Waals surface area contributed by atoms with Gasteiger partial charge in [-0.3, -0.25) is 0 Å². The molecular weight excluding hydrogens is 156 g/mol. The maximum Gasteiger partial charge on any atom is 2.00 e. The molecule has 0 aromatic heterocycles. The quantitative estimate of drug-likeness (QED) is 0.434. The standard InChI is InChI=1S/Ni.2O.Zn/q+2;2*-2;+2. The van der Waals surface area contributed by atoms with Gasteiger partial charge in [0.2, 0.25) is 0 Å². The predicted molar refractivity (Wildman–Crippen MR) is 1.37 cm³/mol. The van der Waals surface area contributed by atoms with E-state index in [0.717, 1.165) is 0 Å². The van der Waals surface area contributed by atoms with Gasteiger partial charge in [-0.15, -0.1) is 0 Å². The molecule has 0 aliphatic heterocycles. The first-order valence-corrected chi connectivity index (χ1v) is 0. The van der Waals surface area contributed by atoms with Crippen LogP contribution >= 0.6 is 0 Å². The molecule has 0 spiro atoms. The van der Waals surface area contributed by atoms with Crippen LogP contribution in [-0.4, -0.2) is 0 Å². The van der Waals surface area contributed by atoms with Crippen molar-refractivity contribution >= 4 is 0 Å². The summed E-state index contributed by atoms with van der Waals surface area (Å²) in [5.41, 5.74) is 0. The largest absolute Gasteiger partial charge is 2.00 e. The molecule has 0 fully saturated rings. The smallest absolute Gasteiger partial charge is 2.00 e. The van der Waals surface area contributed by atoms with Gasteiger partial charge in [0.1, 0.15) is 0 Å². The molecule has 0 aliphatic rings. The molecule has 0 aromatic carbocycles. The van der Waals surface area contributed by atoms with Crippen molar-refractivity contribution < 1.29 is 46.9 Å². The molecule has 0 N–H and O–H groups in total. The van der Waals surface area contributed by atoms with Crippen LogP contribution in [0.25, 0.3) is 0 Å². The summed E-state index contributed by atoms with van der Waals surface area (Å²) in [4.78, 5) is 0. The molecule has 0 bridgehead atoms. The average molecular weight is 156 g/mol. The molecule has 0 atom stereocenters. The van der Waals surface area contributed by atoms with Crippen molar-refractivity contribution in [2.45, 2.75) is 0 Å². The third kappa shape index (κ3) is 11.7. The van der Waals surface area contributed by atoms with Gasteiger partial charge < -0.3 is 11.0 Å². The summed E-state index contributed by atoms with van der Waals surface area (Å²) in [6.45, 7) is 0. The summed E-state index contributed by atoms with van der Waals surface area (Å²) < 4.78 is 0. The second-order valence-electron chi connectivity index (χ2n) is 0. The van der Waals surface area contributed by atoms with Gasteiger partial charge in [-0.2, -0.15) is 0 Å². The Balaban J connectivity index is 0. The number of rotatable bonds is 0. The fourth-order valence-electron chi connectivity index (χ4n) is 0. The molecule has 0 amide bonds. The average Bonchev–Trinajstić information content (AvgIpc) is 0. The van der Waals surface area contributed by atoms with E-state index in [1.807, 2.05) is 0 Å². The minimum absolute atomic E-state index is 0. The summed E-state index contributed by atoms with van der Waals surface area (Å²) >= 11 is 0. The molecule has 0 aromatic rings. The zero-order valence-electron chi connectivity index (χ0n) is 1.84. The van der Waals surface area contributed by atoms with E-state index in [1.165, 1.54) is 0 Å². The normalized spacial score (nSPS) is 0. The molecule has 4 heteroatoms. The molecule has 2 nitrogen and oxygen atoms in total. The van der Waals surface area contributed by atoms with Crippen molar-refractivity contribution in [2.24, 2.45) is 0 Å². The monoisotopic (exact) mass is 154 g/mol. The number of hydrogen-bond donors (Lipinski definition) is 0. The zero-order chi connectivity index (χ0) is 0. The van der Waals surface area contributed by atoms with E-state index < -0.39 is 0 Å². The first-order chi connectivity index (χ1) is 0. The van der Waals surface area contributed by atoms with Crippen LogP contribution in [0.4, 0.5) is 0 Å². The maximum absolute atomic E-state index is 0. The van der Waals surface area contributed by atoms with Crippen molar-refractivity contribution in [2.75, 3.05) is 0 Å². The molecular formula is NiO2Zn. The Hall–Kier alpha value is 1.04. The van der Waals surface area contributed by atoms with Crippen LogP contribution in [0, 0.1) is 0 Å². The molecule has 0 saturated heterocycles. The van der Waals surface area contributed by atoms with E-state index in [-0.39, 0.29) is 46.9 Å². The molecule has 0 radical (unpaired) electrons. The third-order valence-electron chi connectivity index (χ3n) is 0. The number of hydrogen-bond acceptors (Lipinski definition) is 0. The van der Waals surface area contributed by atoms with Gasteiger partial charge in [-0.1, -0.05) is 0 Å². The maximum atomic E-state index is 0. The van der Waals surface area contributed by atoms with Crippen molar-refractivity contribution in [3.63, 3.8) is 0 Å². The minimum Gasteiger partial charge on any atom is -2.00 e. The Morgan fingerprint density at radius 3 is 0.750 bits per heavy atom. The summed E-state index contributed by atoms with van der Waals surface area (Å²) in [6.07, 6.45) is 0. The first kappa shape index (κ1) is 76.3. The van der Waals surface area contributed by atoms with Gasteiger partial charge in [0.15, 0.2) is 0 Å². The minimum atomic E-state index is 0. The van der Waals surface area contributed by atoms with E-state index >= 15 is 0 Å². The third-order valence-corrected chi connectivity index (χ3v) is 0. The summed E-state index contributed by atoms with van der Waals surface area (Å²) in [5.74, 6) is 0. The van der Waals surface area contributed by atoms with Gasteiger partial charge in [0.25, 0.3) is 0 Å². The Morgan fingerprint density at radius 1 is 0.750 bits per heavy atom. The topological polar surface area (TPSA) is 57.0 Å². The molecule has 4 heavy (non-hydrogen) atoms. The summed E-state index contributed by atoms with van der Waals surface area (Å²) in [5, 5.41) is 0. The molecule has 0 heterocycles. The molecule has 0 unspecified atom stereocenters. The Labute approximate surface area is 47.3 Å². The van der Waals surface area contributed by atoms with Crippen LogP contribution in [0.2, 0.25) is 0 Å². The second-order valence-corrected chi connectivity index (χ2v) is 0. The van der Waals surface area contributed by atoms with Crippen molar-refractivity contribution in [3.05, 3.63) is 0 Å². The molecule has 0 aliphatic carbocycles. The van der Waals surface area contributed by atoms with Gasteiger partial charge in [0.05, 0.1) is 0 Å². The van der Waals surface area contributed by atoms with E-state index in [4.69, 9.17) is 0 Å². The van der Waals surface area contributed by atoms with Crippen LogP contribution in [0.5, 0.6) is 0 Å². The van der Waals surface area contributed by atoms with Crippen molar-refractivity contribution in [3.8, 4) is 0 Å². The zero-order valence-corrected chi connectivity index (χ0v) is 5.79. The Bertz CT molecular complexity index is 6.00. The second kappa shape index (κ2) is 34.6. The van der Waals surface area contributed by atoms with E-state index in [9.17, 15) is 0 Å². The van der Waals surface area contributed by atoms with Crippen LogP contribution in [0.3, 0.4) is 0 Å². The van der Waals surface area contributed by atoms with Crippen LogP contribution in [-0.2, 0) is 46.9 Å². The fourth-order valence-corrected chi connectivity index (χ4v) is 0. The Kier molecular flexibility index (Phi) is 661. The van der Waals surface area contributed by atoms with Crippen molar-refractivity contribution in [1.29, 1.82) is 0 Å². The predicted octanol–water partition coefficient (Wildman–Crippen LogP) is -0.243. The van der Waals surface area contributed by atoms with Crippen LogP contribution in [0.15, 0.2) is 0 Å². The first-order valence-electron chi connectivity index (χ1n) is 0. The molecule has 0 saturated carbocycles. The van der Waals surface area contributed by atoms with Gasteiger partial charge in [-0.25, -0.2) is 0 Å².